The molecule has 0 aliphatic heterocycles. The fraction of sp³-hybridized carbons (Fsp3) is 0.0625. The van der Waals surface area contributed by atoms with Crippen LogP contribution in [0.5, 0.6) is 0 Å². The van der Waals surface area contributed by atoms with Gasteiger partial charge in [-0.3, -0.25) is 0 Å². The minimum atomic E-state index is 0.784. The Hall–Kier alpha value is -2.95. The van der Waals surface area contributed by atoms with Crippen LogP contribution in [-0.4, -0.2) is 24.9 Å². The third kappa shape index (κ3) is 1.99. The number of benzene rings is 1. The molecule has 0 radical (unpaired) electrons. The zero-order chi connectivity index (χ0) is 14.2. The lowest BCUT2D eigenvalue weighted by Gasteiger charge is -2.06. The third-order valence-corrected chi connectivity index (χ3v) is 3.57. The molecule has 21 heavy (non-hydrogen) atoms. The van der Waals surface area contributed by atoms with E-state index in [4.69, 9.17) is 4.98 Å². The van der Waals surface area contributed by atoms with Crippen molar-refractivity contribution in [1.82, 2.24) is 24.9 Å². The fourth-order valence-electron chi connectivity index (χ4n) is 2.51. The first-order chi connectivity index (χ1) is 10.3. The highest BCUT2D eigenvalue weighted by Crippen LogP contribution is 2.26. The van der Waals surface area contributed by atoms with Crippen LogP contribution in [0, 0.1) is 6.92 Å². The van der Waals surface area contributed by atoms with Crippen LogP contribution in [0.3, 0.4) is 0 Å². The van der Waals surface area contributed by atoms with Crippen LogP contribution < -0.4 is 0 Å². The third-order valence-electron chi connectivity index (χ3n) is 3.57. The molecule has 0 aliphatic rings. The highest BCUT2D eigenvalue weighted by molar-refractivity contribution is 5.87. The van der Waals surface area contributed by atoms with Crippen LogP contribution >= 0.6 is 0 Å². The second-order valence-corrected chi connectivity index (χ2v) is 4.96. The molecule has 0 bridgehead atoms. The van der Waals surface area contributed by atoms with Gasteiger partial charge in [-0.15, -0.1) is 0 Å². The highest BCUT2D eigenvalue weighted by atomic mass is 14.9. The lowest BCUT2D eigenvalue weighted by molar-refractivity contribution is 1.24. The first-order valence-electron chi connectivity index (χ1n) is 6.71. The van der Waals surface area contributed by atoms with Gasteiger partial charge in [0.1, 0.15) is 5.69 Å². The smallest absolute Gasteiger partial charge is 0.156 e. The molecule has 2 N–H and O–H groups in total. The van der Waals surface area contributed by atoms with Gasteiger partial charge in [0.05, 0.1) is 23.7 Å². The van der Waals surface area contributed by atoms with E-state index in [-0.39, 0.29) is 0 Å². The summed E-state index contributed by atoms with van der Waals surface area (Å²) >= 11 is 0. The molecule has 5 nitrogen and oxygen atoms in total. The number of fused-ring (bicyclic) bond motifs is 1. The SMILES string of the molecule is Cc1cc(-c2ncc[nH]2)nc2cc(-c3cnc[nH]3)ccc12. The van der Waals surface area contributed by atoms with E-state index in [1.807, 2.05) is 6.20 Å². The topological polar surface area (TPSA) is 70.2 Å². The van der Waals surface area contributed by atoms with Crippen LogP contribution in [0.15, 0.2) is 49.2 Å². The molecule has 1 aromatic carbocycles. The Kier molecular flexibility index (Phi) is 2.57. The van der Waals surface area contributed by atoms with Crippen molar-refractivity contribution in [3.63, 3.8) is 0 Å². The van der Waals surface area contributed by atoms with Gasteiger partial charge >= 0.3 is 0 Å². The minimum absolute atomic E-state index is 0.784. The molecule has 0 fully saturated rings. The fourth-order valence-corrected chi connectivity index (χ4v) is 2.51. The zero-order valence-electron chi connectivity index (χ0n) is 11.5. The van der Waals surface area contributed by atoms with Crippen molar-refractivity contribution in [2.45, 2.75) is 6.92 Å². The number of H-pyrrole nitrogens is 2. The number of aryl methyl sites for hydroxylation is 1. The zero-order valence-corrected chi connectivity index (χ0v) is 11.5. The Labute approximate surface area is 121 Å². The number of aromatic nitrogens is 5. The maximum absolute atomic E-state index is 4.72. The van der Waals surface area contributed by atoms with Crippen molar-refractivity contribution in [3.8, 4) is 22.8 Å². The molecule has 0 unspecified atom stereocenters. The molecule has 4 rings (SSSR count). The molecule has 0 amide bonds. The second-order valence-electron chi connectivity index (χ2n) is 4.96. The molecule has 3 heterocycles. The van der Waals surface area contributed by atoms with E-state index in [2.05, 4.69) is 51.1 Å². The van der Waals surface area contributed by atoms with E-state index < -0.39 is 0 Å². The van der Waals surface area contributed by atoms with Crippen molar-refractivity contribution in [2.24, 2.45) is 0 Å². The normalized spacial score (nSPS) is 11.1. The summed E-state index contributed by atoms with van der Waals surface area (Å²) in [4.78, 5) is 19.3. The molecule has 102 valence electrons. The Morgan fingerprint density at radius 2 is 2.05 bits per heavy atom. The second kappa shape index (κ2) is 4.56. The Morgan fingerprint density at radius 1 is 1.10 bits per heavy atom. The van der Waals surface area contributed by atoms with Crippen LogP contribution in [0.25, 0.3) is 33.7 Å². The summed E-state index contributed by atoms with van der Waals surface area (Å²) in [6.45, 7) is 2.09. The molecule has 0 saturated carbocycles. The quantitative estimate of drug-likeness (QED) is 0.589. The number of hydrogen-bond donors (Lipinski definition) is 2. The molecule has 0 atom stereocenters. The lowest BCUT2D eigenvalue weighted by atomic mass is 10.0. The molecular formula is C16H13N5. The van der Waals surface area contributed by atoms with E-state index in [9.17, 15) is 0 Å². The molecule has 3 aromatic heterocycles. The number of pyridine rings is 1. The summed E-state index contributed by atoms with van der Waals surface area (Å²) in [5.41, 5.74) is 5.05. The number of imidazole rings is 2. The van der Waals surface area contributed by atoms with Gasteiger partial charge in [-0.05, 0) is 24.6 Å². The van der Waals surface area contributed by atoms with Crippen LogP contribution in [0.2, 0.25) is 0 Å². The molecule has 0 aliphatic carbocycles. The van der Waals surface area contributed by atoms with Crippen molar-refractivity contribution >= 4 is 10.9 Å². The average Bonchev–Trinajstić information content (AvgIpc) is 3.20. The lowest BCUT2D eigenvalue weighted by Crippen LogP contribution is -1.91. The van der Waals surface area contributed by atoms with Gasteiger partial charge < -0.3 is 9.97 Å². The Balaban J connectivity index is 1.93. The highest BCUT2D eigenvalue weighted by Gasteiger charge is 2.08. The van der Waals surface area contributed by atoms with Crippen molar-refractivity contribution in [1.29, 1.82) is 0 Å². The summed E-state index contributed by atoms with van der Waals surface area (Å²) in [5.74, 6) is 0.784. The average molecular weight is 275 g/mol. The predicted octanol–water partition coefficient (Wildman–Crippen LogP) is 3.32. The Morgan fingerprint density at radius 3 is 2.81 bits per heavy atom. The molecule has 0 spiro atoms. The number of aromatic amines is 2. The standard InChI is InChI=1S/C16H13N5/c1-10-6-14(16-18-4-5-19-16)21-13-7-11(2-3-12(10)13)15-8-17-9-20-15/h2-9H,1H3,(H,17,20)(H,18,19). The van der Waals surface area contributed by atoms with Crippen LogP contribution in [0.4, 0.5) is 0 Å². The van der Waals surface area contributed by atoms with E-state index in [1.54, 1.807) is 18.7 Å². The van der Waals surface area contributed by atoms with Gasteiger partial charge in [0.25, 0.3) is 0 Å². The molecule has 4 aromatic rings. The van der Waals surface area contributed by atoms with Crippen molar-refractivity contribution in [2.75, 3.05) is 0 Å². The van der Waals surface area contributed by atoms with E-state index in [0.717, 1.165) is 33.7 Å². The molecule has 0 saturated heterocycles. The van der Waals surface area contributed by atoms with Gasteiger partial charge in [0, 0.05) is 23.3 Å². The van der Waals surface area contributed by atoms with Crippen molar-refractivity contribution < 1.29 is 0 Å². The summed E-state index contributed by atoms with van der Waals surface area (Å²) < 4.78 is 0. The minimum Gasteiger partial charge on any atom is -0.345 e. The largest absolute Gasteiger partial charge is 0.345 e. The maximum atomic E-state index is 4.72. The van der Waals surface area contributed by atoms with Gasteiger partial charge in [-0.1, -0.05) is 12.1 Å². The summed E-state index contributed by atoms with van der Waals surface area (Å²) in [7, 11) is 0. The van der Waals surface area contributed by atoms with Gasteiger partial charge in [-0.25, -0.2) is 15.0 Å². The number of nitrogens with zero attached hydrogens (tertiary/aromatic N) is 3. The number of rotatable bonds is 2. The van der Waals surface area contributed by atoms with Gasteiger partial charge in [0.15, 0.2) is 5.82 Å². The van der Waals surface area contributed by atoms with E-state index >= 15 is 0 Å². The maximum Gasteiger partial charge on any atom is 0.156 e. The monoisotopic (exact) mass is 275 g/mol. The number of nitrogens with one attached hydrogen (secondary N) is 2. The summed E-state index contributed by atoms with van der Waals surface area (Å²) in [5, 5.41) is 1.15. The molecule has 5 heteroatoms. The van der Waals surface area contributed by atoms with Crippen molar-refractivity contribution in [3.05, 3.63) is 54.7 Å². The first kappa shape index (κ1) is 11.8. The van der Waals surface area contributed by atoms with E-state index in [1.165, 1.54) is 5.56 Å². The number of hydrogen-bond acceptors (Lipinski definition) is 3. The van der Waals surface area contributed by atoms with Gasteiger partial charge in [0.2, 0.25) is 0 Å². The van der Waals surface area contributed by atoms with Crippen LogP contribution in [0.1, 0.15) is 5.56 Å². The Bertz CT molecular complexity index is 887. The van der Waals surface area contributed by atoms with E-state index in [0.29, 0.717) is 0 Å². The predicted molar refractivity (Wildman–Crippen MR) is 81.6 cm³/mol. The summed E-state index contributed by atoms with van der Waals surface area (Å²) in [6.07, 6.45) is 7.02. The first-order valence-corrected chi connectivity index (χ1v) is 6.71. The van der Waals surface area contributed by atoms with Crippen LogP contribution in [-0.2, 0) is 0 Å². The van der Waals surface area contributed by atoms with Gasteiger partial charge in [-0.2, -0.15) is 0 Å². The molecular weight excluding hydrogens is 262 g/mol. The summed E-state index contributed by atoms with van der Waals surface area (Å²) in [6, 6.07) is 8.30.